The van der Waals surface area contributed by atoms with Gasteiger partial charge in [0.05, 0.1) is 10.3 Å². The lowest BCUT2D eigenvalue weighted by molar-refractivity contribution is -0.383. The number of ether oxygens (including phenoxy) is 1. The van der Waals surface area contributed by atoms with Crippen LogP contribution in [0.4, 0.5) is 11.4 Å². The molecule has 1 amide bonds. The molecule has 1 heterocycles. The first kappa shape index (κ1) is 15.5. The number of rotatable bonds is 3. The maximum Gasteiger partial charge on any atom is 0.313 e. The van der Waals surface area contributed by atoms with E-state index in [1.54, 1.807) is 6.07 Å². The Morgan fingerprint density at radius 1 is 1.26 bits per heavy atom. The number of benzene rings is 1. The third-order valence-electron chi connectivity index (χ3n) is 5.80. The molecule has 7 nitrogen and oxygen atoms in total. The number of carbonyl (C=O) groups excluding carboxylic acids is 2. The van der Waals surface area contributed by atoms with Crippen molar-refractivity contribution in [1.29, 1.82) is 0 Å². The van der Waals surface area contributed by atoms with E-state index in [4.69, 9.17) is 4.74 Å². The van der Waals surface area contributed by atoms with Crippen molar-refractivity contribution in [2.75, 3.05) is 5.32 Å². The van der Waals surface area contributed by atoms with Gasteiger partial charge in [0.1, 0.15) is 5.69 Å². The van der Waals surface area contributed by atoms with Crippen LogP contribution < -0.4 is 5.32 Å². The number of anilines is 1. The monoisotopic (exact) mass is 318 g/mol. The van der Waals surface area contributed by atoms with E-state index >= 15 is 0 Å². The minimum Gasteiger partial charge on any atom is -0.448 e. The zero-order valence-electron chi connectivity index (χ0n) is 13.2. The highest BCUT2D eigenvalue weighted by atomic mass is 16.6. The Hall–Kier alpha value is -2.44. The predicted molar refractivity (Wildman–Crippen MR) is 81.7 cm³/mol. The van der Waals surface area contributed by atoms with Crippen LogP contribution in [0, 0.1) is 20.9 Å². The van der Waals surface area contributed by atoms with Crippen molar-refractivity contribution >= 4 is 23.3 Å². The van der Waals surface area contributed by atoms with Gasteiger partial charge in [0.2, 0.25) is 0 Å². The number of hydrogen-bond acceptors (Lipinski definition) is 5. The van der Waals surface area contributed by atoms with E-state index in [-0.39, 0.29) is 17.3 Å². The topological polar surface area (TPSA) is 98.5 Å². The maximum absolute atomic E-state index is 12.9. The Labute approximate surface area is 133 Å². The Kier molecular flexibility index (Phi) is 3.05. The summed E-state index contributed by atoms with van der Waals surface area (Å²) in [7, 11) is 0. The number of nitrogens with zero attached hydrogens (tertiary/aromatic N) is 1. The summed E-state index contributed by atoms with van der Waals surface area (Å²) in [6.45, 7) is 5.48. The number of esters is 1. The van der Waals surface area contributed by atoms with Crippen molar-refractivity contribution in [1.82, 2.24) is 0 Å². The van der Waals surface area contributed by atoms with Crippen LogP contribution in [0.2, 0.25) is 0 Å². The molecule has 2 bridgehead atoms. The smallest absolute Gasteiger partial charge is 0.313 e. The summed E-state index contributed by atoms with van der Waals surface area (Å²) in [4.78, 5) is 35.6. The second kappa shape index (κ2) is 4.53. The molecule has 1 aromatic rings. The molecular formula is C16H18N2O5. The molecule has 0 radical (unpaired) electrons. The van der Waals surface area contributed by atoms with Crippen molar-refractivity contribution < 1.29 is 19.2 Å². The molecular weight excluding hydrogens is 300 g/mol. The molecule has 1 saturated carbocycles. The van der Waals surface area contributed by atoms with Crippen molar-refractivity contribution in [2.45, 2.75) is 39.2 Å². The van der Waals surface area contributed by atoms with Gasteiger partial charge in [-0.05, 0) is 25.8 Å². The van der Waals surface area contributed by atoms with Crippen molar-refractivity contribution in [3.63, 3.8) is 0 Å². The summed E-state index contributed by atoms with van der Waals surface area (Å²) < 4.78 is 5.48. The van der Waals surface area contributed by atoms with Gasteiger partial charge in [-0.3, -0.25) is 19.7 Å². The van der Waals surface area contributed by atoms with E-state index in [2.05, 4.69) is 5.32 Å². The van der Waals surface area contributed by atoms with Gasteiger partial charge in [0.15, 0.2) is 5.60 Å². The van der Waals surface area contributed by atoms with Gasteiger partial charge < -0.3 is 10.1 Å². The standard InChI is InChI=1S/C16H18N2O5/c1-14(2)15(3)8-9-16(14,23-13(15)20)12(19)17-10-6-4-5-7-11(10)18(21)22/h4-7H,8-9H2,1-3H3,(H,17,19)/t15-,16-/m1/s1. The summed E-state index contributed by atoms with van der Waals surface area (Å²) in [5.41, 5.74) is -2.79. The molecule has 0 spiro atoms. The zero-order valence-corrected chi connectivity index (χ0v) is 13.2. The normalized spacial score (nSPS) is 30.8. The largest absolute Gasteiger partial charge is 0.448 e. The maximum atomic E-state index is 12.9. The van der Waals surface area contributed by atoms with Gasteiger partial charge >= 0.3 is 5.97 Å². The molecule has 1 aliphatic heterocycles. The minimum absolute atomic E-state index is 0.101. The fourth-order valence-electron chi connectivity index (χ4n) is 3.71. The summed E-state index contributed by atoms with van der Waals surface area (Å²) >= 11 is 0. The number of carbonyl (C=O) groups is 2. The number of nitro groups is 1. The van der Waals surface area contributed by atoms with Crippen LogP contribution in [0.3, 0.4) is 0 Å². The van der Waals surface area contributed by atoms with Gasteiger partial charge in [-0.1, -0.05) is 26.0 Å². The van der Waals surface area contributed by atoms with E-state index in [1.165, 1.54) is 18.2 Å². The van der Waals surface area contributed by atoms with Crippen LogP contribution >= 0.6 is 0 Å². The van der Waals surface area contributed by atoms with E-state index in [9.17, 15) is 19.7 Å². The molecule has 1 aromatic carbocycles. The van der Waals surface area contributed by atoms with Crippen LogP contribution in [0.1, 0.15) is 33.6 Å². The summed E-state index contributed by atoms with van der Waals surface area (Å²) in [5, 5.41) is 13.7. The molecule has 2 atom stereocenters. The van der Waals surface area contributed by atoms with Gasteiger partial charge in [0, 0.05) is 11.5 Å². The van der Waals surface area contributed by atoms with Crippen LogP contribution in [0.15, 0.2) is 24.3 Å². The number of nitro benzene ring substituents is 1. The zero-order chi connectivity index (χ0) is 17.0. The highest BCUT2D eigenvalue weighted by molar-refractivity contribution is 6.04. The molecule has 122 valence electrons. The molecule has 3 rings (SSSR count). The SMILES string of the molecule is CC1(C)[C@]2(C)CC[C@]1(C(=O)Nc1ccccc1[N+](=O)[O-])OC2=O. The average molecular weight is 318 g/mol. The lowest BCUT2D eigenvalue weighted by Crippen LogP contribution is -2.50. The van der Waals surface area contributed by atoms with Gasteiger partial charge in [-0.15, -0.1) is 0 Å². The molecule has 1 aliphatic carbocycles. The van der Waals surface area contributed by atoms with E-state index in [1.807, 2.05) is 20.8 Å². The molecule has 1 N–H and O–H groups in total. The number of para-hydroxylation sites is 2. The first-order valence-corrected chi connectivity index (χ1v) is 7.44. The van der Waals surface area contributed by atoms with Gasteiger partial charge in [-0.2, -0.15) is 0 Å². The second-order valence-electron chi connectivity index (χ2n) is 6.90. The Bertz CT molecular complexity index is 729. The van der Waals surface area contributed by atoms with Crippen LogP contribution in [0.5, 0.6) is 0 Å². The highest BCUT2D eigenvalue weighted by Crippen LogP contribution is 2.65. The summed E-state index contributed by atoms with van der Waals surface area (Å²) in [6.07, 6.45) is 0.970. The van der Waals surface area contributed by atoms with E-state index in [0.29, 0.717) is 12.8 Å². The van der Waals surface area contributed by atoms with Crippen LogP contribution in [0.25, 0.3) is 0 Å². The number of fused-ring (bicyclic) bond motifs is 2. The fourth-order valence-corrected chi connectivity index (χ4v) is 3.71. The lowest BCUT2D eigenvalue weighted by Gasteiger charge is -2.35. The molecule has 0 aromatic heterocycles. The Balaban J connectivity index is 1.97. The van der Waals surface area contributed by atoms with E-state index in [0.717, 1.165) is 0 Å². The Morgan fingerprint density at radius 3 is 2.43 bits per heavy atom. The molecule has 7 heteroatoms. The van der Waals surface area contributed by atoms with Crippen LogP contribution in [-0.2, 0) is 14.3 Å². The number of hydrogen-bond donors (Lipinski definition) is 1. The summed E-state index contributed by atoms with van der Waals surface area (Å²) in [5.74, 6) is -0.891. The molecule has 1 saturated heterocycles. The van der Waals surface area contributed by atoms with Crippen molar-refractivity contribution in [3.05, 3.63) is 34.4 Å². The quantitative estimate of drug-likeness (QED) is 0.525. The lowest BCUT2D eigenvalue weighted by atomic mass is 9.66. The minimum atomic E-state index is -1.29. The fraction of sp³-hybridized carbons (Fsp3) is 0.500. The molecule has 0 unspecified atom stereocenters. The van der Waals surface area contributed by atoms with Crippen LogP contribution in [-0.4, -0.2) is 22.4 Å². The predicted octanol–water partition coefficient (Wildman–Crippen LogP) is 2.66. The van der Waals surface area contributed by atoms with Crippen molar-refractivity contribution in [2.24, 2.45) is 10.8 Å². The number of amides is 1. The third kappa shape index (κ3) is 1.76. The average Bonchev–Trinajstić information content (AvgIpc) is 2.78. The Morgan fingerprint density at radius 2 is 1.91 bits per heavy atom. The first-order chi connectivity index (χ1) is 10.7. The molecule has 2 fully saturated rings. The first-order valence-electron chi connectivity index (χ1n) is 7.44. The summed E-state index contributed by atoms with van der Waals surface area (Å²) in [6, 6.07) is 5.91. The van der Waals surface area contributed by atoms with Gasteiger partial charge in [0.25, 0.3) is 11.6 Å². The highest BCUT2D eigenvalue weighted by Gasteiger charge is 2.75. The van der Waals surface area contributed by atoms with Gasteiger partial charge in [-0.25, -0.2) is 0 Å². The number of nitrogens with one attached hydrogen (secondary N) is 1. The molecule has 2 aliphatic rings. The third-order valence-corrected chi connectivity index (χ3v) is 5.80. The molecule has 23 heavy (non-hydrogen) atoms. The second-order valence-corrected chi connectivity index (χ2v) is 6.90. The van der Waals surface area contributed by atoms with Crippen molar-refractivity contribution in [3.8, 4) is 0 Å². The van der Waals surface area contributed by atoms with E-state index < -0.39 is 27.3 Å².